The molecule has 0 N–H and O–H groups in total. The summed E-state index contributed by atoms with van der Waals surface area (Å²) in [6.07, 6.45) is 43.4. The Morgan fingerprint density at radius 3 is 2.02 bits per heavy atom. The third-order valence-electron chi connectivity index (χ3n) is 15.2. The van der Waals surface area contributed by atoms with Crippen molar-refractivity contribution in [3.05, 3.63) is 12.2 Å². The van der Waals surface area contributed by atoms with Crippen LogP contribution in [0, 0.1) is 41.4 Å². The number of rotatable bonds is 6. The maximum absolute atomic E-state index is 6.50. The summed E-state index contributed by atoms with van der Waals surface area (Å²) >= 11 is 0. The molecule has 1 heterocycles. The lowest BCUT2D eigenvalue weighted by Gasteiger charge is -2.53. The molecule has 44 heavy (non-hydrogen) atoms. The topological polar surface area (TPSA) is 24.8 Å². The van der Waals surface area contributed by atoms with E-state index < -0.39 is 0 Å². The van der Waals surface area contributed by atoms with Gasteiger partial charge < -0.3 is 4.74 Å². The number of nitrogens with zero attached hydrogens (tertiary/aromatic N) is 2. The summed E-state index contributed by atoms with van der Waals surface area (Å²) < 4.78 is 6.50. The Labute approximate surface area is 270 Å². The van der Waals surface area contributed by atoms with E-state index >= 15 is 0 Å². The molecule has 3 nitrogen and oxygen atoms in total. The SMILES string of the molecule is C(=CC1CCC(N(C2CCCCC2)C2CCCC3CCCCC32)CC1)C1=NC2CC(C3CCC4CCCCC4C3)CCC2O1. The molecule has 8 rings (SSSR count). The minimum absolute atomic E-state index is 0.371. The van der Waals surface area contributed by atoms with Gasteiger partial charge in [0.1, 0.15) is 6.10 Å². The van der Waals surface area contributed by atoms with E-state index in [1.54, 1.807) is 0 Å². The van der Waals surface area contributed by atoms with Gasteiger partial charge in [-0.3, -0.25) is 4.90 Å². The van der Waals surface area contributed by atoms with Crippen LogP contribution in [0.15, 0.2) is 17.1 Å². The summed E-state index contributed by atoms with van der Waals surface area (Å²) in [6.45, 7) is 0. The van der Waals surface area contributed by atoms with Crippen molar-refractivity contribution in [1.82, 2.24) is 4.90 Å². The lowest BCUT2D eigenvalue weighted by atomic mass is 9.62. The van der Waals surface area contributed by atoms with E-state index in [1.807, 2.05) is 0 Å². The molecule has 0 radical (unpaired) electrons. The first-order valence-electron chi connectivity index (χ1n) is 20.5. The van der Waals surface area contributed by atoms with Gasteiger partial charge in [-0.25, -0.2) is 4.99 Å². The Morgan fingerprint density at radius 2 is 1.16 bits per heavy atom. The van der Waals surface area contributed by atoms with Gasteiger partial charge >= 0.3 is 0 Å². The molecule has 0 aromatic heterocycles. The third-order valence-corrected chi connectivity index (χ3v) is 15.2. The molecule has 7 saturated carbocycles. The van der Waals surface area contributed by atoms with Gasteiger partial charge in [-0.05, 0) is 137 Å². The van der Waals surface area contributed by atoms with Crippen molar-refractivity contribution in [3.63, 3.8) is 0 Å². The van der Waals surface area contributed by atoms with Crippen LogP contribution in [0.1, 0.15) is 167 Å². The Hall–Kier alpha value is -0.830. The summed E-state index contributed by atoms with van der Waals surface area (Å²) in [5, 5.41) is 0. The minimum Gasteiger partial charge on any atom is -0.472 e. The fraction of sp³-hybridized carbons (Fsp3) is 0.927. The highest BCUT2D eigenvalue weighted by molar-refractivity contribution is 5.89. The molecule has 0 amide bonds. The molecular formula is C41H66N2O. The van der Waals surface area contributed by atoms with Crippen LogP contribution in [-0.2, 0) is 4.74 Å². The molecule has 0 bridgehead atoms. The average Bonchev–Trinajstić information content (AvgIpc) is 3.51. The van der Waals surface area contributed by atoms with Crippen LogP contribution in [0.2, 0.25) is 0 Å². The van der Waals surface area contributed by atoms with Crippen molar-refractivity contribution in [2.24, 2.45) is 46.4 Å². The molecule has 7 fully saturated rings. The molecule has 0 aromatic rings. The van der Waals surface area contributed by atoms with E-state index in [4.69, 9.17) is 9.73 Å². The average molecular weight is 603 g/mol. The number of hydrogen-bond donors (Lipinski definition) is 0. The number of hydrogen-bond acceptors (Lipinski definition) is 3. The van der Waals surface area contributed by atoms with Gasteiger partial charge in [0.05, 0.1) is 6.04 Å². The van der Waals surface area contributed by atoms with E-state index in [0.717, 1.165) is 65.4 Å². The zero-order valence-corrected chi connectivity index (χ0v) is 28.3. The van der Waals surface area contributed by atoms with E-state index in [-0.39, 0.29) is 0 Å². The van der Waals surface area contributed by atoms with Crippen LogP contribution in [-0.4, -0.2) is 41.1 Å². The van der Waals surface area contributed by atoms with E-state index in [0.29, 0.717) is 12.1 Å². The maximum atomic E-state index is 6.50. The lowest BCUT2D eigenvalue weighted by molar-refractivity contribution is -0.0341. The summed E-state index contributed by atoms with van der Waals surface area (Å²) in [5.41, 5.74) is 0. The van der Waals surface area contributed by atoms with Crippen LogP contribution < -0.4 is 0 Å². The Morgan fingerprint density at radius 1 is 0.523 bits per heavy atom. The minimum atomic E-state index is 0.371. The molecule has 3 heteroatoms. The monoisotopic (exact) mass is 603 g/mol. The van der Waals surface area contributed by atoms with Gasteiger partial charge in [-0.15, -0.1) is 0 Å². The van der Waals surface area contributed by atoms with Crippen molar-refractivity contribution in [2.75, 3.05) is 0 Å². The highest BCUT2D eigenvalue weighted by Gasteiger charge is 2.44. The van der Waals surface area contributed by atoms with Crippen LogP contribution in [0.5, 0.6) is 0 Å². The summed E-state index contributed by atoms with van der Waals surface area (Å²) in [5.74, 6) is 7.78. The first kappa shape index (κ1) is 30.5. The first-order chi connectivity index (χ1) is 21.8. The fourth-order valence-corrected chi connectivity index (χ4v) is 12.9. The smallest absolute Gasteiger partial charge is 0.208 e. The summed E-state index contributed by atoms with van der Waals surface area (Å²) in [4.78, 5) is 8.45. The largest absolute Gasteiger partial charge is 0.472 e. The first-order valence-corrected chi connectivity index (χ1v) is 20.5. The molecule has 8 aliphatic rings. The quantitative estimate of drug-likeness (QED) is 0.302. The van der Waals surface area contributed by atoms with Gasteiger partial charge in [0, 0.05) is 18.1 Å². The molecule has 7 aliphatic carbocycles. The lowest BCUT2D eigenvalue weighted by Crippen LogP contribution is -2.56. The van der Waals surface area contributed by atoms with Gasteiger partial charge in [0.25, 0.3) is 0 Å². The van der Waals surface area contributed by atoms with Crippen molar-refractivity contribution >= 4 is 5.90 Å². The number of allylic oxidation sites excluding steroid dienone is 1. The van der Waals surface area contributed by atoms with Gasteiger partial charge in [-0.1, -0.05) is 83.1 Å². The van der Waals surface area contributed by atoms with E-state index in [1.165, 1.54) is 167 Å². The summed E-state index contributed by atoms with van der Waals surface area (Å²) in [6, 6.07) is 3.08. The van der Waals surface area contributed by atoms with Crippen molar-refractivity contribution in [2.45, 2.75) is 197 Å². The van der Waals surface area contributed by atoms with Crippen molar-refractivity contribution < 1.29 is 4.74 Å². The normalized spacial score (nSPS) is 45.3. The Bertz CT molecular complexity index is 989. The second-order valence-corrected chi connectivity index (χ2v) is 17.5. The van der Waals surface area contributed by atoms with Crippen molar-refractivity contribution in [1.29, 1.82) is 0 Å². The second-order valence-electron chi connectivity index (χ2n) is 17.5. The second kappa shape index (κ2) is 14.1. The van der Waals surface area contributed by atoms with Crippen LogP contribution >= 0.6 is 0 Å². The zero-order chi connectivity index (χ0) is 29.3. The molecule has 0 saturated heterocycles. The predicted molar refractivity (Wildman–Crippen MR) is 183 cm³/mol. The highest BCUT2D eigenvalue weighted by atomic mass is 16.5. The fourth-order valence-electron chi connectivity index (χ4n) is 12.9. The molecular weight excluding hydrogens is 536 g/mol. The van der Waals surface area contributed by atoms with Crippen LogP contribution in [0.25, 0.3) is 0 Å². The predicted octanol–water partition coefficient (Wildman–Crippen LogP) is 10.7. The molecule has 246 valence electrons. The third kappa shape index (κ3) is 6.62. The summed E-state index contributed by atoms with van der Waals surface area (Å²) in [7, 11) is 0. The maximum Gasteiger partial charge on any atom is 0.208 e. The molecule has 9 unspecified atom stereocenters. The van der Waals surface area contributed by atoms with Crippen LogP contribution in [0.3, 0.4) is 0 Å². The van der Waals surface area contributed by atoms with Gasteiger partial charge in [0.2, 0.25) is 5.90 Å². The van der Waals surface area contributed by atoms with E-state index in [2.05, 4.69) is 17.1 Å². The van der Waals surface area contributed by atoms with Gasteiger partial charge in [0.15, 0.2) is 0 Å². The standard InChI is InChI=1S/C41H66N2O/c1-2-13-35(14-3-1)43(39-16-8-12-31-10-6-7-15-37(31)39)36-23-17-29(18-24-36)19-26-41-42-38-28-34(22-25-40(38)44-41)33-21-20-30-9-4-5-11-32(30)27-33/h19,26,29-40H,1-18,20-25,27-28H2. The molecule has 1 aliphatic heterocycles. The van der Waals surface area contributed by atoms with E-state index in [9.17, 15) is 0 Å². The highest BCUT2D eigenvalue weighted by Crippen LogP contribution is 2.49. The molecule has 9 atom stereocenters. The van der Waals surface area contributed by atoms with Crippen LogP contribution in [0.4, 0.5) is 0 Å². The molecule has 0 aromatic carbocycles. The Balaban J connectivity index is 0.859. The number of ether oxygens (including phenoxy) is 1. The molecule has 0 spiro atoms. The number of aliphatic imine (C=N–C) groups is 1. The van der Waals surface area contributed by atoms with Gasteiger partial charge in [-0.2, -0.15) is 0 Å². The zero-order valence-electron chi connectivity index (χ0n) is 28.3. The Kier molecular flexibility index (Phi) is 9.78. The van der Waals surface area contributed by atoms with Crippen molar-refractivity contribution in [3.8, 4) is 0 Å². The number of fused-ring (bicyclic) bond motifs is 3.